The SMILES string of the molecule is CC(NS(=O)(=O)C1CCCOC1)C1CCCNC1.Cl. The number of hydrogen-bond acceptors (Lipinski definition) is 4. The highest BCUT2D eigenvalue weighted by molar-refractivity contribution is 7.90. The zero-order valence-electron chi connectivity index (χ0n) is 11.4. The van der Waals surface area contributed by atoms with Gasteiger partial charge in [0, 0.05) is 12.6 Å². The second kappa shape index (κ2) is 7.78. The molecule has 7 heteroatoms. The molecule has 2 aliphatic heterocycles. The first-order valence-corrected chi connectivity index (χ1v) is 8.44. The lowest BCUT2D eigenvalue weighted by atomic mass is 9.94. The van der Waals surface area contributed by atoms with E-state index in [9.17, 15) is 8.42 Å². The zero-order valence-corrected chi connectivity index (χ0v) is 13.1. The van der Waals surface area contributed by atoms with Crippen molar-refractivity contribution >= 4 is 22.4 Å². The van der Waals surface area contributed by atoms with Gasteiger partial charge in [0.25, 0.3) is 0 Å². The largest absolute Gasteiger partial charge is 0.380 e. The number of piperidine rings is 1. The van der Waals surface area contributed by atoms with Gasteiger partial charge in [-0.05, 0) is 51.6 Å². The topological polar surface area (TPSA) is 67.4 Å². The number of hydrogen-bond donors (Lipinski definition) is 2. The maximum absolute atomic E-state index is 12.2. The Morgan fingerprint density at radius 1 is 1.32 bits per heavy atom. The van der Waals surface area contributed by atoms with Gasteiger partial charge >= 0.3 is 0 Å². The highest BCUT2D eigenvalue weighted by atomic mass is 35.5. The van der Waals surface area contributed by atoms with Crippen LogP contribution in [0.15, 0.2) is 0 Å². The number of halogens is 1. The highest BCUT2D eigenvalue weighted by Crippen LogP contribution is 2.18. The van der Waals surface area contributed by atoms with E-state index in [1.165, 1.54) is 0 Å². The van der Waals surface area contributed by atoms with Crippen LogP contribution in [-0.4, -0.2) is 46.0 Å². The number of rotatable bonds is 4. The first kappa shape index (κ1) is 17.2. The van der Waals surface area contributed by atoms with Crippen molar-refractivity contribution in [2.45, 2.75) is 43.9 Å². The monoisotopic (exact) mass is 312 g/mol. The minimum absolute atomic E-state index is 0. The third-order valence-corrected chi connectivity index (χ3v) is 5.90. The Morgan fingerprint density at radius 2 is 2.11 bits per heavy atom. The summed E-state index contributed by atoms with van der Waals surface area (Å²) in [4.78, 5) is 0. The lowest BCUT2D eigenvalue weighted by molar-refractivity contribution is 0.0986. The molecule has 3 unspecified atom stereocenters. The van der Waals surface area contributed by atoms with Crippen LogP contribution in [0, 0.1) is 5.92 Å². The van der Waals surface area contributed by atoms with Crippen LogP contribution in [0.2, 0.25) is 0 Å². The van der Waals surface area contributed by atoms with E-state index in [1.54, 1.807) is 0 Å². The van der Waals surface area contributed by atoms with Crippen molar-refractivity contribution in [2.75, 3.05) is 26.3 Å². The third-order valence-electron chi connectivity index (χ3n) is 3.95. The van der Waals surface area contributed by atoms with Gasteiger partial charge in [0.05, 0.1) is 11.9 Å². The molecule has 0 amide bonds. The zero-order chi connectivity index (χ0) is 13.0. The maximum Gasteiger partial charge on any atom is 0.217 e. The van der Waals surface area contributed by atoms with Gasteiger partial charge in [0.15, 0.2) is 0 Å². The van der Waals surface area contributed by atoms with E-state index in [2.05, 4.69) is 10.0 Å². The van der Waals surface area contributed by atoms with Gasteiger partial charge in [-0.15, -0.1) is 12.4 Å². The second-order valence-electron chi connectivity index (χ2n) is 5.40. The molecule has 0 spiro atoms. The summed E-state index contributed by atoms with van der Waals surface area (Å²) in [6.07, 6.45) is 3.77. The Kier molecular flexibility index (Phi) is 7.04. The minimum Gasteiger partial charge on any atom is -0.380 e. The van der Waals surface area contributed by atoms with Gasteiger partial charge in [-0.2, -0.15) is 0 Å². The highest BCUT2D eigenvalue weighted by Gasteiger charge is 2.31. The molecule has 2 N–H and O–H groups in total. The molecule has 0 radical (unpaired) electrons. The van der Waals surface area contributed by atoms with Crippen molar-refractivity contribution in [3.05, 3.63) is 0 Å². The fourth-order valence-electron chi connectivity index (χ4n) is 2.71. The van der Waals surface area contributed by atoms with Crippen molar-refractivity contribution in [3.8, 4) is 0 Å². The average Bonchev–Trinajstić information content (AvgIpc) is 2.40. The van der Waals surface area contributed by atoms with Crippen LogP contribution in [0.5, 0.6) is 0 Å². The summed E-state index contributed by atoms with van der Waals surface area (Å²) in [6.45, 7) is 4.95. The molecule has 2 heterocycles. The fourth-order valence-corrected chi connectivity index (χ4v) is 4.37. The van der Waals surface area contributed by atoms with Crippen LogP contribution < -0.4 is 10.0 Å². The normalized spacial score (nSPS) is 30.4. The first-order chi connectivity index (χ1) is 8.59. The second-order valence-corrected chi connectivity index (χ2v) is 7.39. The maximum atomic E-state index is 12.2. The van der Waals surface area contributed by atoms with Gasteiger partial charge < -0.3 is 10.1 Å². The summed E-state index contributed by atoms with van der Waals surface area (Å²) in [7, 11) is -3.23. The van der Waals surface area contributed by atoms with E-state index in [4.69, 9.17) is 4.74 Å². The molecule has 5 nitrogen and oxygen atoms in total. The molecule has 114 valence electrons. The molecule has 0 aromatic carbocycles. The predicted molar refractivity (Wildman–Crippen MR) is 78.2 cm³/mol. The summed E-state index contributed by atoms with van der Waals surface area (Å²) < 4.78 is 32.6. The molecule has 2 aliphatic rings. The van der Waals surface area contributed by atoms with E-state index in [0.717, 1.165) is 32.4 Å². The molecule has 3 atom stereocenters. The molecule has 2 rings (SSSR count). The standard InChI is InChI=1S/C12H24N2O3S.ClH/c1-10(11-4-2-6-13-8-11)14-18(15,16)12-5-3-7-17-9-12;/h10-14H,2-9H2,1H3;1H. The van der Waals surface area contributed by atoms with Crippen molar-refractivity contribution in [3.63, 3.8) is 0 Å². The molecule has 0 saturated carbocycles. The first-order valence-electron chi connectivity index (χ1n) is 6.89. The predicted octanol–water partition coefficient (Wildman–Crippen LogP) is 0.895. The Balaban J connectivity index is 0.00000180. The smallest absolute Gasteiger partial charge is 0.217 e. The van der Waals surface area contributed by atoms with Crippen molar-refractivity contribution < 1.29 is 13.2 Å². The number of nitrogens with one attached hydrogen (secondary N) is 2. The van der Waals surface area contributed by atoms with Gasteiger partial charge in [-0.1, -0.05) is 0 Å². The van der Waals surface area contributed by atoms with Crippen LogP contribution in [-0.2, 0) is 14.8 Å². The summed E-state index contributed by atoms with van der Waals surface area (Å²) in [6, 6.07) is 0.00438. The quantitative estimate of drug-likeness (QED) is 0.809. The summed E-state index contributed by atoms with van der Waals surface area (Å²) in [5.74, 6) is 0.401. The molecule has 2 fully saturated rings. The average molecular weight is 313 g/mol. The minimum atomic E-state index is -3.23. The molecule has 0 aromatic heterocycles. The fraction of sp³-hybridized carbons (Fsp3) is 1.00. The summed E-state index contributed by atoms with van der Waals surface area (Å²) in [5.41, 5.74) is 0. The van der Waals surface area contributed by atoms with Crippen LogP contribution in [0.3, 0.4) is 0 Å². The van der Waals surface area contributed by atoms with Crippen molar-refractivity contribution in [1.82, 2.24) is 10.0 Å². The van der Waals surface area contributed by atoms with Crippen molar-refractivity contribution in [2.24, 2.45) is 5.92 Å². The van der Waals surface area contributed by atoms with Crippen molar-refractivity contribution in [1.29, 1.82) is 0 Å². The lowest BCUT2D eigenvalue weighted by Crippen LogP contribution is -2.48. The Morgan fingerprint density at radius 3 is 2.68 bits per heavy atom. The lowest BCUT2D eigenvalue weighted by Gasteiger charge is -2.31. The van der Waals surface area contributed by atoms with Gasteiger partial charge in [0.2, 0.25) is 10.0 Å². The Hall–Kier alpha value is 0.120. The van der Waals surface area contributed by atoms with Crippen LogP contribution >= 0.6 is 12.4 Å². The molecule has 0 aliphatic carbocycles. The third kappa shape index (κ3) is 4.86. The van der Waals surface area contributed by atoms with Crippen LogP contribution in [0.4, 0.5) is 0 Å². The van der Waals surface area contributed by atoms with Gasteiger partial charge in [0.1, 0.15) is 0 Å². The molecule has 0 bridgehead atoms. The summed E-state index contributed by atoms with van der Waals surface area (Å²) in [5, 5.41) is 2.95. The van der Waals surface area contributed by atoms with E-state index in [1.807, 2.05) is 6.92 Å². The van der Waals surface area contributed by atoms with E-state index in [-0.39, 0.29) is 23.7 Å². The number of ether oxygens (including phenoxy) is 1. The molecule has 0 aromatic rings. The Labute approximate surface area is 122 Å². The van der Waals surface area contributed by atoms with Crippen LogP contribution in [0.1, 0.15) is 32.6 Å². The molecule has 2 saturated heterocycles. The molecular weight excluding hydrogens is 288 g/mol. The molecule has 19 heavy (non-hydrogen) atoms. The van der Waals surface area contributed by atoms with Gasteiger partial charge in [-0.25, -0.2) is 13.1 Å². The van der Waals surface area contributed by atoms with Crippen LogP contribution in [0.25, 0.3) is 0 Å². The molecular formula is C12H25ClN2O3S. The van der Waals surface area contributed by atoms with E-state index >= 15 is 0 Å². The van der Waals surface area contributed by atoms with Gasteiger partial charge in [-0.3, -0.25) is 0 Å². The summed E-state index contributed by atoms with van der Waals surface area (Å²) >= 11 is 0. The van der Waals surface area contributed by atoms with E-state index < -0.39 is 10.0 Å². The Bertz CT molecular complexity index is 352. The number of sulfonamides is 1. The van der Waals surface area contributed by atoms with E-state index in [0.29, 0.717) is 25.6 Å².